The Bertz CT molecular complexity index is 893. The molecule has 0 radical (unpaired) electrons. The SMILES string of the molecule is CNS(=O)(=O)c1cccc(CNC(=O)c2cccc(C(=O)OC)c2)c1. The van der Waals surface area contributed by atoms with Crippen LogP contribution in [0.2, 0.25) is 0 Å². The number of nitrogens with one attached hydrogen (secondary N) is 2. The summed E-state index contributed by atoms with van der Waals surface area (Å²) in [6, 6.07) is 12.4. The van der Waals surface area contributed by atoms with Crippen LogP contribution in [0.25, 0.3) is 0 Å². The molecule has 1 amide bonds. The van der Waals surface area contributed by atoms with Crippen LogP contribution in [0.1, 0.15) is 26.3 Å². The highest BCUT2D eigenvalue weighted by Gasteiger charge is 2.13. The Morgan fingerprint density at radius 3 is 2.40 bits per heavy atom. The molecule has 0 unspecified atom stereocenters. The number of sulfonamides is 1. The van der Waals surface area contributed by atoms with Crippen LogP contribution in [0.15, 0.2) is 53.4 Å². The number of hydrogen-bond donors (Lipinski definition) is 2. The van der Waals surface area contributed by atoms with Crippen molar-refractivity contribution in [3.63, 3.8) is 0 Å². The lowest BCUT2D eigenvalue weighted by atomic mass is 10.1. The van der Waals surface area contributed by atoms with E-state index in [4.69, 9.17) is 0 Å². The number of esters is 1. The van der Waals surface area contributed by atoms with Gasteiger partial charge in [-0.2, -0.15) is 0 Å². The van der Waals surface area contributed by atoms with Gasteiger partial charge in [-0.25, -0.2) is 17.9 Å². The van der Waals surface area contributed by atoms with E-state index < -0.39 is 16.0 Å². The van der Waals surface area contributed by atoms with Crippen molar-refractivity contribution in [3.8, 4) is 0 Å². The third kappa shape index (κ3) is 4.65. The number of ether oxygens (including phenoxy) is 1. The molecule has 2 aromatic rings. The maximum atomic E-state index is 12.2. The molecule has 2 aromatic carbocycles. The Labute approximate surface area is 146 Å². The van der Waals surface area contributed by atoms with Crippen molar-refractivity contribution in [1.82, 2.24) is 10.0 Å². The minimum Gasteiger partial charge on any atom is -0.465 e. The minimum absolute atomic E-state index is 0.120. The Balaban J connectivity index is 2.10. The van der Waals surface area contributed by atoms with Crippen LogP contribution in [-0.4, -0.2) is 34.5 Å². The molecule has 0 heterocycles. The molecule has 7 nitrogen and oxygen atoms in total. The summed E-state index contributed by atoms with van der Waals surface area (Å²) >= 11 is 0. The van der Waals surface area contributed by atoms with E-state index in [2.05, 4.69) is 14.8 Å². The van der Waals surface area contributed by atoms with Crippen molar-refractivity contribution in [1.29, 1.82) is 0 Å². The number of methoxy groups -OCH3 is 1. The Hall–Kier alpha value is -2.71. The smallest absolute Gasteiger partial charge is 0.337 e. The zero-order valence-electron chi connectivity index (χ0n) is 13.8. The zero-order valence-corrected chi connectivity index (χ0v) is 14.6. The first kappa shape index (κ1) is 18.6. The van der Waals surface area contributed by atoms with E-state index in [0.29, 0.717) is 11.1 Å². The van der Waals surface area contributed by atoms with Gasteiger partial charge >= 0.3 is 5.97 Å². The average molecular weight is 362 g/mol. The molecule has 2 N–H and O–H groups in total. The molecule has 0 aliphatic rings. The summed E-state index contributed by atoms with van der Waals surface area (Å²) in [5, 5.41) is 2.69. The fraction of sp³-hybridized carbons (Fsp3) is 0.176. The fourth-order valence-electron chi connectivity index (χ4n) is 2.13. The molecule has 0 aliphatic heterocycles. The topological polar surface area (TPSA) is 102 Å². The van der Waals surface area contributed by atoms with Gasteiger partial charge in [0.1, 0.15) is 0 Å². The summed E-state index contributed by atoms with van der Waals surface area (Å²) < 4.78 is 30.5. The molecule has 132 valence electrons. The molecule has 0 fully saturated rings. The number of hydrogen-bond acceptors (Lipinski definition) is 5. The van der Waals surface area contributed by atoms with Crippen LogP contribution in [0.3, 0.4) is 0 Å². The molecule has 0 aliphatic carbocycles. The Morgan fingerprint density at radius 2 is 1.72 bits per heavy atom. The number of rotatable bonds is 6. The lowest BCUT2D eigenvalue weighted by molar-refractivity contribution is 0.0600. The average Bonchev–Trinajstić information content (AvgIpc) is 2.65. The largest absolute Gasteiger partial charge is 0.465 e. The zero-order chi connectivity index (χ0) is 18.4. The summed E-state index contributed by atoms with van der Waals surface area (Å²) in [7, 11) is -0.947. The monoisotopic (exact) mass is 362 g/mol. The first-order valence-corrected chi connectivity index (χ1v) is 8.85. The summed E-state index contributed by atoms with van der Waals surface area (Å²) in [6.07, 6.45) is 0. The fourth-order valence-corrected chi connectivity index (χ4v) is 2.93. The summed E-state index contributed by atoms with van der Waals surface area (Å²) in [6.45, 7) is 0.147. The maximum absolute atomic E-state index is 12.2. The number of carbonyl (C=O) groups is 2. The predicted octanol–water partition coefficient (Wildman–Crippen LogP) is 1.31. The first-order chi connectivity index (χ1) is 11.9. The molecule has 25 heavy (non-hydrogen) atoms. The second-order valence-electron chi connectivity index (χ2n) is 5.11. The number of amides is 1. The standard InChI is InChI=1S/C17H18N2O5S/c1-18-25(22,23)15-8-3-5-12(9-15)11-19-16(20)13-6-4-7-14(10-13)17(21)24-2/h3-10,18H,11H2,1-2H3,(H,19,20). The van der Waals surface area contributed by atoms with E-state index in [-0.39, 0.29) is 22.9 Å². The van der Waals surface area contributed by atoms with Gasteiger partial charge in [0.2, 0.25) is 10.0 Å². The molecule has 8 heteroatoms. The summed E-state index contributed by atoms with van der Waals surface area (Å²) in [4.78, 5) is 23.9. The Morgan fingerprint density at radius 1 is 1.04 bits per heavy atom. The third-order valence-corrected chi connectivity index (χ3v) is 4.89. The van der Waals surface area contributed by atoms with E-state index in [0.717, 1.165) is 0 Å². The summed E-state index contributed by atoms with van der Waals surface area (Å²) in [5.74, 6) is -0.910. The van der Waals surface area contributed by atoms with Gasteiger partial charge in [-0.3, -0.25) is 4.79 Å². The van der Waals surface area contributed by atoms with E-state index in [9.17, 15) is 18.0 Å². The number of carbonyl (C=O) groups excluding carboxylic acids is 2. The van der Waals surface area contributed by atoms with Crippen LogP contribution < -0.4 is 10.0 Å². The lowest BCUT2D eigenvalue weighted by Gasteiger charge is -2.08. The maximum Gasteiger partial charge on any atom is 0.337 e. The first-order valence-electron chi connectivity index (χ1n) is 7.36. The van der Waals surface area contributed by atoms with Gasteiger partial charge in [0.05, 0.1) is 17.6 Å². The van der Waals surface area contributed by atoms with Gasteiger partial charge in [-0.1, -0.05) is 18.2 Å². The van der Waals surface area contributed by atoms with E-state index in [1.165, 1.54) is 32.4 Å². The molecule has 0 saturated carbocycles. The molecule has 2 rings (SSSR count). The van der Waals surface area contributed by atoms with Crippen molar-refractivity contribution in [2.45, 2.75) is 11.4 Å². The highest BCUT2D eigenvalue weighted by Crippen LogP contribution is 2.12. The molecule has 0 atom stereocenters. The molecule has 0 bridgehead atoms. The predicted molar refractivity (Wildman–Crippen MR) is 91.6 cm³/mol. The van der Waals surface area contributed by atoms with Crippen molar-refractivity contribution < 1.29 is 22.7 Å². The second-order valence-corrected chi connectivity index (χ2v) is 7.00. The quantitative estimate of drug-likeness (QED) is 0.755. The van der Waals surface area contributed by atoms with Crippen LogP contribution in [0.4, 0.5) is 0 Å². The van der Waals surface area contributed by atoms with Crippen LogP contribution in [-0.2, 0) is 21.3 Å². The summed E-state index contributed by atoms with van der Waals surface area (Å²) in [5.41, 5.74) is 1.22. The van der Waals surface area contributed by atoms with Crippen molar-refractivity contribution in [3.05, 3.63) is 65.2 Å². The third-order valence-electron chi connectivity index (χ3n) is 3.48. The highest BCUT2D eigenvalue weighted by atomic mass is 32.2. The van der Waals surface area contributed by atoms with Gasteiger partial charge in [0.15, 0.2) is 0 Å². The van der Waals surface area contributed by atoms with Crippen molar-refractivity contribution >= 4 is 21.9 Å². The lowest BCUT2D eigenvalue weighted by Crippen LogP contribution is -2.23. The molecule has 0 saturated heterocycles. The van der Waals surface area contributed by atoms with Gasteiger partial charge in [0, 0.05) is 12.1 Å². The van der Waals surface area contributed by atoms with Gasteiger partial charge in [0.25, 0.3) is 5.91 Å². The van der Waals surface area contributed by atoms with Crippen LogP contribution >= 0.6 is 0 Å². The Kier molecular flexibility index (Phi) is 5.89. The highest BCUT2D eigenvalue weighted by molar-refractivity contribution is 7.89. The normalized spacial score (nSPS) is 11.0. The van der Waals surface area contributed by atoms with Gasteiger partial charge < -0.3 is 10.1 Å². The molecular formula is C17H18N2O5S. The second kappa shape index (κ2) is 7.91. The van der Waals surface area contributed by atoms with Crippen molar-refractivity contribution in [2.75, 3.05) is 14.2 Å². The van der Waals surface area contributed by atoms with Crippen LogP contribution in [0, 0.1) is 0 Å². The van der Waals surface area contributed by atoms with E-state index in [1.54, 1.807) is 30.3 Å². The van der Waals surface area contributed by atoms with Crippen molar-refractivity contribution in [2.24, 2.45) is 0 Å². The van der Waals surface area contributed by atoms with Gasteiger partial charge in [-0.05, 0) is 42.9 Å². The van der Waals surface area contributed by atoms with Gasteiger partial charge in [-0.15, -0.1) is 0 Å². The molecule has 0 aromatic heterocycles. The van der Waals surface area contributed by atoms with Crippen LogP contribution in [0.5, 0.6) is 0 Å². The number of benzene rings is 2. The molecule has 0 spiro atoms. The van der Waals surface area contributed by atoms with E-state index in [1.807, 2.05) is 0 Å². The molecular weight excluding hydrogens is 344 g/mol. The minimum atomic E-state index is -3.54. The van der Waals surface area contributed by atoms with E-state index >= 15 is 0 Å².